The van der Waals surface area contributed by atoms with Gasteiger partial charge in [-0.3, -0.25) is 0 Å². The maximum atomic E-state index is 2.56. The fourth-order valence-corrected chi connectivity index (χ4v) is 6.28. The average molecular weight is 331 g/mol. The Balaban J connectivity index is 1.62. The van der Waals surface area contributed by atoms with Gasteiger partial charge in [-0.1, -0.05) is 51.7 Å². The molecule has 0 spiro atoms. The van der Waals surface area contributed by atoms with Crippen LogP contribution in [0.25, 0.3) is 0 Å². The molecule has 0 N–H and O–H groups in total. The summed E-state index contributed by atoms with van der Waals surface area (Å²) in [6.07, 6.45) is 27.5. The molecule has 3 rings (SSSR count). The van der Waals surface area contributed by atoms with Crippen molar-refractivity contribution >= 4 is 0 Å². The van der Waals surface area contributed by atoms with Crippen LogP contribution in [0.3, 0.4) is 0 Å². The van der Waals surface area contributed by atoms with Gasteiger partial charge in [0.25, 0.3) is 0 Å². The second-order valence-corrected chi connectivity index (χ2v) is 9.71. The van der Waals surface area contributed by atoms with Gasteiger partial charge in [0.2, 0.25) is 0 Å². The van der Waals surface area contributed by atoms with Gasteiger partial charge < -0.3 is 0 Å². The van der Waals surface area contributed by atoms with Crippen molar-refractivity contribution < 1.29 is 0 Å². The van der Waals surface area contributed by atoms with E-state index in [0.29, 0.717) is 0 Å². The molecular formula is C24H42. The summed E-state index contributed by atoms with van der Waals surface area (Å²) >= 11 is 0. The minimum Gasteiger partial charge on any atom is -0.0883 e. The Hall–Kier alpha value is -0.260. The monoisotopic (exact) mass is 330 g/mol. The van der Waals surface area contributed by atoms with Crippen LogP contribution in [0, 0.1) is 29.1 Å². The molecule has 3 aliphatic rings. The Labute approximate surface area is 151 Å². The van der Waals surface area contributed by atoms with E-state index in [4.69, 9.17) is 0 Å². The Morgan fingerprint density at radius 2 is 1.67 bits per heavy atom. The predicted octanol–water partition coefficient (Wildman–Crippen LogP) is 7.93. The van der Waals surface area contributed by atoms with Gasteiger partial charge in [-0.15, -0.1) is 0 Å². The van der Waals surface area contributed by atoms with E-state index in [1.165, 1.54) is 51.4 Å². The third-order valence-corrected chi connectivity index (χ3v) is 8.05. The smallest absolute Gasteiger partial charge is 0.0233 e. The Morgan fingerprint density at radius 3 is 2.29 bits per heavy atom. The summed E-state index contributed by atoms with van der Waals surface area (Å²) in [5, 5.41) is 0. The summed E-state index contributed by atoms with van der Waals surface area (Å²) in [6.45, 7) is 4.85. The molecule has 0 amide bonds. The standard InChI is InChI=1S/C24H42/c1-3-7-21-14-17-24(18-15-21,23-12-10-20(2)11-13-23)19-16-22-8-5-4-6-9-22/h5,8,20-23H,3-4,6-7,9-19H2,1-2H3. The quantitative estimate of drug-likeness (QED) is 0.434. The Bertz CT molecular complexity index is 377. The van der Waals surface area contributed by atoms with Crippen LogP contribution < -0.4 is 0 Å². The molecular weight excluding hydrogens is 288 g/mol. The topological polar surface area (TPSA) is 0 Å². The molecule has 3 aliphatic carbocycles. The van der Waals surface area contributed by atoms with Crippen LogP contribution in [0.1, 0.15) is 110 Å². The van der Waals surface area contributed by atoms with Crippen LogP contribution >= 0.6 is 0 Å². The van der Waals surface area contributed by atoms with Crippen molar-refractivity contribution in [3.8, 4) is 0 Å². The van der Waals surface area contributed by atoms with E-state index in [9.17, 15) is 0 Å². The van der Waals surface area contributed by atoms with Crippen molar-refractivity contribution in [3.63, 3.8) is 0 Å². The molecule has 0 nitrogen and oxygen atoms in total. The van der Waals surface area contributed by atoms with Crippen molar-refractivity contribution in [1.29, 1.82) is 0 Å². The van der Waals surface area contributed by atoms with Crippen molar-refractivity contribution in [3.05, 3.63) is 12.2 Å². The van der Waals surface area contributed by atoms with Crippen molar-refractivity contribution in [1.82, 2.24) is 0 Å². The second-order valence-electron chi connectivity index (χ2n) is 9.71. The summed E-state index contributed by atoms with van der Waals surface area (Å²) in [7, 11) is 0. The highest BCUT2D eigenvalue weighted by atomic mass is 14.5. The molecule has 2 saturated carbocycles. The highest BCUT2D eigenvalue weighted by molar-refractivity contribution is 4.97. The molecule has 0 aromatic carbocycles. The van der Waals surface area contributed by atoms with E-state index in [2.05, 4.69) is 26.0 Å². The van der Waals surface area contributed by atoms with Gasteiger partial charge >= 0.3 is 0 Å². The molecule has 1 unspecified atom stereocenters. The highest BCUT2D eigenvalue weighted by Crippen LogP contribution is 2.54. The van der Waals surface area contributed by atoms with Gasteiger partial charge in [0.15, 0.2) is 0 Å². The van der Waals surface area contributed by atoms with E-state index in [0.717, 1.165) is 29.1 Å². The Morgan fingerprint density at radius 1 is 0.917 bits per heavy atom. The summed E-state index contributed by atoms with van der Waals surface area (Å²) in [6, 6.07) is 0. The van der Waals surface area contributed by atoms with Gasteiger partial charge in [0.1, 0.15) is 0 Å². The summed E-state index contributed by atoms with van der Waals surface area (Å²) in [4.78, 5) is 0. The highest BCUT2D eigenvalue weighted by Gasteiger charge is 2.42. The third kappa shape index (κ3) is 4.67. The lowest BCUT2D eigenvalue weighted by atomic mass is 9.57. The maximum Gasteiger partial charge on any atom is -0.0233 e. The first-order valence-corrected chi connectivity index (χ1v) is 11.4. The first kappa shape index (κ1) is 18.5. The van der Waals surface area contributed by atoms with Crippen LogP contribution in [0.2, 0.25) is 0 Å². The fraction of sp³-hybridized carbons (Fsp3) is 0.917. The average Bonchev–Trinajstić information content (AvgIpc) is 2.63. The molecule has 0 saturated heterocycles. The molecule has 0 aliphatic heterocycles. The van der Waals surface area contributed by atoms with Crippen molar-refractivity contribution in [2.24, 2.45) is 29.1 Å². The predicted molar refractivity (Wildman–Crippen MR) is 106 cm³/mol. The first-order chi connectivity index (χ1) is 11.7. The molecule has 138 valence electrons. The molecule has 0 aromatic heterocycles. The maximum absolute atomic E-state index is 2.56. The Kier molecular flexibility index (Phi) is 6.88. The van der Waals surface area contributed by atoms with E-state index in [1.807, 2.05) is 0 Å². The molecule has 0 bridgehead atoms. The van der Waals surface area contributed by atoms with Crippen LogP contribution in [-0.4, -0.2) is 0 Å². The van der Waals surface area contributed by atoms with E-state index in [1.54, 1.807) is 44.9 Å². The van der Waals surface area contributed by atoms with Gasteiger partial charge in [0.05, 0.1) is 0 Å². The molecule has 0 heterocycles. The lowest BCUT2D eigenvalue weighted by Crippen LogP contribution is -2.37. The zero-order chi connectivity index (χ0) is 16.8. The van der Waals surface area contributed by atoms with Crippen LogP contribution in [-0.2, 0) is 0 Å². The summed E-state index contributed by atoms with van der Waals surface area (Å²) in [5.74, 6) is 4.02. The van der Waals surface area contributed by atoms with Gasteiger partial charge in [-0.2, -0.15) is 0 Å². The van der Waals surface area contributed by atoms with Crippen molar-refractivity contribution in [2.45, 2.75) is 110 Å². The van der Waals surface area contributed by atoms with Crippen LogP contribution in [0.5, 0.6) is 0 Å². The van der Waals surface area contributed by atoms with Crippen LogP contribution in [0.15, 0.2) is 12.2 Å². The van der Waals surface area contributed by atoms with Gasteiger partial charge in [0, 0.05) is 0 Å². The number of rotatable bonds is 6. The molecule has 0 aromatic rings. The van der Waals surface area contributed by atoms with E-state index in [-0.39, 0.29) is 0 Å². The molecule has 0 heteroatoms. The second kappa shape index (κ2) is 8.91. The minimum atomic E-state index is 0.732. The normalized spacial score (nSPS) is 40.6. The molecule has 24 heavy (non-hydrogen) atoms. The minimum absolute atomic E-state index is 0.732. The zero-order valence-corrected chi connectivity index (χ0v) is 16.6. The third-order valence-electron chi connectivity index (χ3n) is 8.05. The van der Waals surface area contributed by atoms with Gasteiger partial charge in [-0.25, -0.2) is 0 Å². The van der Waals surface area contributed by atoms with E-state index < -0.39 is 0 Å². The molecule has 0 radical (unpaired) electrons. The zero-order valence-electron chi connectivity index (χ0n) is 16.6. The van der Waals surface area contributed by atoms with Crippen LogP contribution in [0.4, 0.5) is 0 Å². The number of hydrogen-bond donors (Lipinski definition) is 0. The van der Waals surface area contributed by atoms with Crippen molar-refractivity contribution in [2.75, 3.05) is 0 Å². The largest absolute Gasteiger partial charge is 0.0883 e. The molecule has 1 atom stereocenters. The lowest BCUT2D eigenvalue weighted by molar-refractivity contribution is 0.0256. The molecule has 2 fully saturated rings. The summed E-state index contributed by atoms with van der Waals surface area (Å²) < 4.78 is 0. The SMILES string of the molecule is CCCC1CCC(CCC2C=CCCC2)(C2CCC(C)CC2)CC1. The number of allylic oxidation sites excluding steroid dienone is 2. The number of hydrogen-bond acceptors (Lipinski definition) is 0. The van der Waals surface area contributed by atoms with Gasteiger partial charge in [-0.05, 0) is 99.7 Å². The first-order valence-electron chi connectivity index (χ1n) is 11.4. The lowest BCUT2D eigenvalue weighted by Gasteiger charge is -2.49. The summed E-state index contributed by atoms with van der Waals surface area (Å²) in [5.41, 5.74) is 0.732. The van der Waals surface area contributed by atoms with E-state index >= 15 is 0 Å². The fourth-order valence-electron chi connectivity index (χ4n) is 6.28.